The lowest BCUT2D eigenvalue weighted by atomic mass is 10.0. The van der Waals surface area contributed by atoms with Crippen LogP contribution in [0.15, 0.2) is 48.5 Å². The summed E-state index contributed by atoms with van der Waals surface area (Å²) in [7, 11) is 0. The van der Waals surface area contributed by atoms with E-state index in [1.54, 1.807) is 0 Å². The van der Waals surface area contributed by atoms with E-state index in [4.69, 9.17) is 4.74 Å². The molecule has 2 aromatic carbocycles. The topological polar surface area (TPSA) is 9.23 Å². The SMILES string of the molecule is c1ccc(Cc2cccc3c2OCC3)cc1. The van der Waals surface area contributed by atoms with Crippen LogP contribution in [0.4, 0.5) is 0 Å². The molecule has 1 aliphatic heterocycles. The molecular weight excluding hydrogens is 196 g/mol. The van der Waals surface area contributed by atoms with Crippen LogP contribution in [0.25, 0.3) is 0 Å². The van der Waals surface area contributed by atoms with Gasteiger partial charge in [0.1, 0.15) is 5.75 Å². The maximum absolute atomic E-state index is 5.70. The number of fused-ring (bicyclic) bond motifs is 1. The van der Waals surface area contributed by atoms with Gasteiger partial charge in [-0.2, -0.15) is 0 Å². The molecule has 0 aliphatic carbocycles. The molecule has 0 amide bonds. The minimum absolute atomic E-state index is 0.834. The smallest absolute Gasteiger partial charge is 0.126 e. The highest BCUT2D eigenvalue weighted by Gasteiger charge is 2.15. The predicted octanol–water partition coefficient (Wildman–Crippen LogP) is 3.21. The quantitative estimate of drug-likeness (QED) is 0.739. The average Bonchev–Trinajstić information content (AvgIpc) is 2.80. The van der Waals surface area contributed by atoms with E-state index in [0.717, 1.165) is 25.2 Å². The minimum Gasteiger partial charge on any atom is -0.493 e. The highest BCUT2D eigenvalue weighted by Crippen LogP contribution is 2.30. The van der Waals surface area contributed by atoms with Gasteiger partial charge in [0.05, 0.1) is 6.61 Å². The summed E-state index contributed by atoms with van der Waals surface area (Å²) in [6, 6.07) is 17.0. The van der Waals surface area contributed by atoms with Crippen LogP contribution in [0.3, 0.4) is 0 Å². The Morgan fingerprint density at radius 3 is 2.69 bits per heavy atom. The number of para-hydroxylation sites is 1. The van der Waals surface area contributed by atoms with E-state index in [9.17, 15) is 0 Å². The fourth-order valence-electron chi connectivity index (χ4n) is 2.24. The Morgan fingerprint density at radius 2 is 1.81 bits per heavy atom. The summed E-state index contributed by atoms with van der Waals surface area (Å²) in [6.07, 6.45) is 2.02. The third kappa shape index (κ3) is 1.69. The van der Waals surface area contributed by atoms with E-state index >= 15 is 0 Å². The van der Waals surface area contributed by atoms with Crippen molar-refractivity contribution in [2.24, 2.45) is 0 Å². The minimum atomic E-state index is 0.834. The van der Waals surface area contributed by atoms with Gasteiger partial charge in [-0.1, -0.05) is 48.5 Å². The third-order valence-electron chi connectivity index (χ3n) is 3.03. The second-order valence-electron chi connectivity index (χ2n) is 4.17. The maximum Gasteiger partial charge on any atom is 0.126 e. The average molecular weight is 210 g/mol. The molecule has 1 heteroatoms. The molecule has 0 atom stereocenters. The van der Waals surface area contributed by atoms with Crippen LogP contribution in [-0.2, 0) is 12.8 Å². The van der Waals surface area contributed by atoms with Crippen molar-refractivity contribution >= 4 is 0 Å². The van der Waals surface area contributed by atoms with E-state index < -0.39 is 0 Å². The summed E-state index contributed by atoms with van der Waals surface area (Å²) in [5.74, 6) is 1.12. The lowest BCUT2D eigenvalue weighted by Crippen LogP contribution is -1.93. The van der Waals surface area contributed by atoms with Crippen molar-refractivity contribution in [3.63, 3.8) is 0 Å². The van der Waals surface area contributed by atoms with Crippen molar-refractivity contribution in [3.05, 3.63) is 65.2 Å². The lowest BCUT2D eigenvalue weighted by Gasteiger charge is -2.07. The molecule has 0 fully saturated rings. The van der Waals surface area contributed by atoms with Crippen molar-refractivity contribution in [3.8, 4) is 5.75 Å². The largest absolute Gasteiger partial charge is 0.493 e. The molecule has 1 nitrogen and oxygen atoms in total. The molecule has 0 radical (unpaired) electrons. The Hall–Kier alpha value is -1.76. The fraction of sp³-hybridized carbons (Fsp3) is 0.200. The number of ether oxygens (including phenoxy) is 1. The lowest BCUT2D eigenvalue weighted by molar-refractivity contribution is 0.354. The molecule has 0 saturated carbocycles. The van der Waals surface area contributed by atoms with Crippen molar-refractivity contribution in [1.82, 2.24) is 0 Å². The van der Waals surface area contributed by atoms with Gasteiger partial charge in [-0.3, -0.25) is 0 Å². The van der Waals surface area contributed by atoms with E-state index in [1.807, 2.05) is 0 Å². The zero-order valence-electron chi connectivity index (χ0n) is 9.15. The summed E-state index contributed by atoms with van der Waals surface area (Å²) in [4.78, 5) is 0. The molecule has 2 aromatic rings. The molecule has 0 N–H and O–H groups in total. The summed E-state index contributed by atoms with van der Waals surface area (Å²) in [6.45, 7) is 0.834. The molecular formula is C15H14O. The Bertz CT molecular complexity index is 488. The third-order valence-corrected chi connectivity index (χ3v) is 3.03. The summed E-state index contributed by atoms with van der Waals surface area (Å²) in [5.41, 5.74) is 4.00. The first-order chi connectivity index (χ1) is 7.93. The van der Waals surface area contributed by atoms with Gasteiger partial charge < -0.3 is 4.74 Å². The molecule has 16 heavy (non-hydrogen) atoms. The number of hydrogen-bond donors (Lipinski definition) is 0. The van der Waals surface area contributed by atoms with Gasteiger partial charge >= 0.3 is 0 Å². The van der Waals surface area contributed by atoms with Gasteiger partial charge in [-0.25, -0.2) is 0 Å². The molecule has 1 heterocycles. The second kappa shape index (κ2) is 4.01. The molecule has 1 aliphatic rings. The van der Waals surface area contributed by atoms with Crippen molar-refractivity contribution in [2.75, 3.05) is 6.61 Å². The highest BCUT2D eigenvalue weighted by molar-refractivity contribution is 5.46. The van der Waals surface area contributed by atoms with Crippen LogP contribution >= 0.6 is 0 Å². The Kier molecular flexibility index (Phi) is 2.37. The zero-order valence-corrected chi connectivity index (χ0v) is 9.15. The molecule has 80 valence electrons. The van der Waals surface area contributed by atoms with Crippen LogP contribution in [0.5, 0.6) is 5.75 Å². The van der Waals surface area contributed by atoms with Gasteiger partial charge in [0.15, 0.2) is 0 Å². The monoisotopic (exact) mass is 210 g/mol. The summed E-state index contributed by atoms with van der Waals surface area (Å²) < 4.78 is 5.70. The van der Waals surface area contributed by atoms with Gasteiger partial charge in [-0.05, 0) is 16.7 Å². The molecule has 3 rings (SSSR count). The number of hydrogen-bond acceptors (Lipinski definition) is 1. The molecule has 0 saturated heterocycles. The molecule has 0 spiro atoms. The van der Waals surface area contributed by atoms with Crippen LogP contribution in [0, 0.1) is 0 Å². The van der Waals surface area contributed by atoms with E-state index in [-0.39, 0.29) is 0 Å². The second-order valence-corrected chi connectivity index (χ2v) is 4.17. The van der Waals surface area contributed by atoms with Gasteiger partial charge in [0, 0.05) is 12.8 Å². The Morgan fingerprint density at radius 1 is 0.938 bits per heavy atom. The standard InChI is InChI=1S/C15H14O/c1-2-5-12(6-3-1)11-14-8-4-7-13-9-10-16-15(13)14/h1-8H,9-11H2. The van der Waals surface area contributed by atoms with E-state index in [1.165, 1.54) is 16.7 Å². The number of benzene rings is 2. The van der Waals surface area contributed by atoms with Crippen molar-refractivity contribution in [1.29, 1.82) is 0 Å². The summed E-state index contributed by atoms with van der Waals surface area (Å²) in [5, 5.41) is 0. The highest BCUT2D eigenvalue weighted by atomic mass is 16.5. The Balaban J connectivity index is 1.94. The van der Waals surface area contributed by atoms with Gasteiger partial charge in [0.25, 0.3) is 0 Å². The maximum atomic E-state index is 5.70. The van der Waals surface area contributed by atoms with Crippen molar-refractivity contribution in [2.45, 2.75) is 12.8 Å². The van der Waals surface area contributed by atoms with Crippen LogP contribution < -0.4 is 4.74 Å². The van der Waals surface area contributed by atoms with Gasteiger partial charge in [-0.15, -0.1) is 0 Å². The fourth-order valence-corrected chi connectivity index (χ4v) is 2.24. The summed E-state index contributed by atoms with van der Waals surface area (Å²) >= 11 is 0. The number of rotatable bonds is 2. The molecule has 0 unspecified atom stereocenters. The zero-order chi connectivity index (χ0) is 10.8. The van der Waals surface area contributed by atoms with Gasteiger partial charge in [0.2, 0.25) is 0 Å². The first-order valence-corrected chi connectivity index (χ1v) is 5.71. The first kappa shape index (κ1) is 9.46. The Labute approximate surface area is 95.7 Å². The normalized spacial score (nSPS) is 13.2. The molecule has 0 bridgehead atoms. The van der Waals surface area contributed by atoms with E-state index in [0.29, 0.717) is 0 Å². The van der Waals surface area contributed by atoms with Crippen LogP contribution in [0.1, 0.15) is 16.7 Å². The van der Waals surface area contributed by atoms with E-state index in [2.05, 4.69) is 48.5 Å². The van der Waals surface area contributed by atoms with Crippen molar-refractivity contribution < 1.29 is 4.74 Å². The first-order valence-electron chi connectivity index (χ1n) is 5.71. The van der Waals surface area contributed by atoms with Crippen LogP contribution in [-0.4, -0.2) is 6.61 Å². The predicted molar refractivity (Wildman–Crippen MR) is 64.9 cm³/mol. The van der Waals surface area contributed by atoms with Crippen LogP contribution in [0.2, 0.25) is 0 Å². The molecule has 0 aromatic heterocycles.